The molecule has 2 heterocycles. The van der Waals surface area contributed by atoms with Crippen molar-refractivity contribution in [3.8, 4) is 5.75 Å². The number of hydrogen-bond donors (Lipinski definition) is 1. The highest BCUT2D eigenvalue weighted by Gasteiger charge is 2.68. The molecule has 0 saturated carbocycles. The van der Waals surface area contributed by atoms with E-state index in [1.165, 1.54) is 4.90 Å². The molecule has 2 saturated heterocycles. The second-order valence-corrected chi connectivity index (χ2v) is 9.49. The van der Waals surface area contributed by atoms with Gasteiger partial charge in [0.25, 0.3) is 0 Å². The van der Waals surface area contributed by atoms with Gasteiger partial charge in [-0.25, -0.2) is 4.90 Å². The van der Waals surface area contributed by atoms with E-state index in [1.807, 2.05) is 57.1 Å². The smallest absolute Gasteiger partial charge is 0.327 e. The number of fused-ring (bicyclic) bond motifs is 1. The van der Waals surface area contributed by atoms with Crippen molar-refractivity contribution in [2.24, 2.45) is 11.8 Å². The predicted octanol–water partition coefficient (Wildman–Crippen LogP) is 3.70. The van der Waals surface area contributed by atoms with Gasteiger partial charge in [0, 0.05) is 25.8 Å². The van der Waals surface area contributed by atoms with Crippen molar-refractivity contribution in [1.82, 2.24) is 5.32 Å². The zero-order chi connectivity index (χ0) is 26.0. The summed E-state index contributed by atoms with van der Waals surface area (Å²) in [6.45, 7) is 6.31. The number of esters is 1. The number of imide groups is 1. The third kappa shape index (κ3) is 4.23. The lowest BCUT2D eigenvalue weighted by Crippen LogP contribution is -2.56. The molecule has 2 aliphatic heterocycles. The van der Waals surface area contributed by atoms with Gasteiger partial charge in [-0.3, -0.25) is 19.7 Å². The van der Waals surface area contributed by atoms with Crippen LogP contribution in [0.1, 0.15) is 45.2 Å². The topological polar surface area (TPSA) is 88.2 Å². The van der Waals surface area contributed by atoms with Crippen molar-refractivity contribution in [3.05, 3.63) is 54.1 Å². The van der Waals surface area contributed by atoms with Gasteiger partial charge in [-0.2, -0.15) is 0 Å². The summed E-state index contributed by atoms with van der Waals surface area (Å²) in [4.78, 5) is 44.5. The van der Waals surface area contributed by atoms with Crippen LogP contribution in [0.4, 0.5) is 11.4 Å². The zero-order valence-corrected chi connectivity index (χ0v) is 21.6. The van der Waals surface area contributed by atoms with Crippen molar-refractivity contribution < 1.29 is 23.9 Å². The maximum atomic E-state index is 13.9. The number of nitrogens with one attached hydrogen (secondary N) is 1. The fourth-order valence-electron chi connectivity index (χ4n) is 5.56. The van der Waals surface area contributed by atoms with Crippen LogP contribution in [0.3, 0.4) is 0 Å². The highest BCUT2D eigenvalue weighted by Crippen LogP contribution is 2.51. The fraction of sp³-hybridized carbons (Fsp3) is 0.464. The fourth-order valence-corrected chi connectivity index (χ4v) is 5.56. The van der Waals surface area contributed by atoms with Crippen molar-refractivity contribution in [1.29, 1.82) is 0 Å². The second kappa shape index (κ2) is 10.3. The molecule has 1 N–H and O–H groups in total. The minimum Gasteiger partial charge on any atom is -0.494 e. The molecule has 192 valence electrons. The van der Waals surface area contributed by atoms with E-state index in [-0.39, 0.29) is 18.4 Å². The van der Waals surface area contributed by atoms with Crippen molar-refractivity contribution in [3.63, 3.8) is 0 Å². The van der Waals surface area contributed by atoms with Gasteiger partial charge in [0.15, 0.2) is 0 Å². The SMILES string of the molecule is CCC[C@]1(C(=O)OCC)N[C@H](c2ccc(N(C)C)cc2)[C@@H]2C(=O)N(c3ccc(OCC)cc3)C(=O)[C@@H]21. The number of carbonyl (C=O) groups excluding carboxylic acids is 3. The van der Waals surface area contributed by atoms with Crippen LogP contribution in [-0.2, 0) is 19.1 Å². The summed E-state index contributed by atoms with van der Waals surface area (Å²) in [5.41, 5.74) is 1.06. The molecule has 2 amide bonds. The Labute approximate surface area is 212 Å². The molecule has 2 aromatic rings. The van der Waals surface area contributed by atoms with Crippen molar-refractivity contribution >= 4 is 29.2 Å². The summed E-state index contributed by atoms with van der Waals surface area (Å²) in [7, 11) is 3.92. The van der Waals surface area contributed by atoms with Gasteiger partial charge >= 0.3 is 5.97 Å². The van der Waals surface area contributed by atoms with Gasteiger partial charge in [-0.1, -0.05) is 25.5 Å². The van der Waals surface area contributed by atoms with Crippen LogP contribution in [0.5, 0.6) is 5.75 Å². The lowest BCUT2D eigenvalue weighted by atomic mass is 9.77. The van der Waals surface area contributed by atoms with Gasteiger partial charge in [-0.15, -0.1) is 0 Å². The Morgan fingerprint density at radius 1 is 0.972 bits per heavy atom. The minimum absolute atomic E-state index is 0.191. The Balaban J connectivity index is 1.80. The average molecular weight is 494 g/mol. The summed E-state index contributed by atoms with van der Waals surface area (Å²) >= 11 is 0. The largest absolute Gasteiger partial charge is 0.494 e. The summed E-state index contributed by atoms with van der Waals surface area (Å²) in [6.07, 6.45) is 1.03. The van der Waals surface area contributed by atoms with Crippen molar-refractivity contribution in [2.45, 2.75) is 45.2 Å². The first-order valence-electron chi connectivity index (χ1n) is 12.6. The zero-order valence-electron chi connectivity index (χ0n) is 21.6. The molecule has 0 unspecified atom stereocenters. The van der Waals surface area contributed by atoms with Gasteiger partial charge in [-0.05, 0) is 62.2 Å². The summed E-state index contributed by atoms with van der Waals surface area (Å²) in [5.74, 6) is -2.11. The van der Waals surface area contributed by atoms with E-state index < -0.39 is 29.4 Å². The first-order valence-corrected chi connectivity index (χ1v) is 12.6. The van der Waals surface area contributed by atoms with Crippen LogP contribution < -0.4 is 19.9 Å². The summed E-state index contributed by atoms with van der Waals surface area (Å²) in [6, 6.07) is 14.3. The van der Waals surface area contributed by atoms with Crippen LogP contribution in [0.2, 0.25) is 0 Å². The normalized spacial score (nSPS) is 25.1. The molecule has 0 bridgehead atoms. The van der Waals surface area contributed by atoms with E-state index in [0.29, 0.717) is 30.9 Å². The van der Waals surface area contributed by atoms with E-state index in [0.717, 1.165) is 11.3 Å². The van der Waals surface area contributed by atoms with Crippen molar-refractivity contribution in [2.75, 3.05) is 37.1 Å². The van der Waals surface area contributed by atoms with E-state index in [9.17, 15) is 14.4 Å². The van der Waals surface area contributed by atoms with Gasteiger partial charge in [0.05, 0.1) is 30.7 Å². The molecule has 0 spiro atoms. The third-order valence-corrected chi connectivity index (χ3v) is 7.11. The Morgan fingerprint density at radius 2 is 1.64 bits per heavy atom. The average Bonchev–Trinajstić information content (AvgIpc) is 3.34. The van der Waals surface area contributed by atoms with E-state index in [2.05, 4.69) is 5.32 Å². The Hall–Kier alpha value is -3.39. The minimum atomic E-state index is -1.28. The number of rotatable bonds is 9. The van der Waals surface area contributed by atoms with Gasteiger partial charge < -0.3 is 14.4 Å². The lowest BCUT2D eigenvalue weighted by Gasteiger charge is -2.32. The standard InChI is InChI=1S/C28H35N3O5/c1-6-17-28(27(34)36-8-3)23-22(24(29-28)18-9-11-19(12-10-18)30(4)5)25(32)31(26(23)33)20-13-15-21(16-14-20)35-7-2/h9-16,22-24,29H,6-8,17H2,1-5H3/t22-,23-,24-,28+/m1/s1. The van der Waals surface area contributed by atoms with Crippen LogP contribution in [0.15, 0.2) is 48.5 Å². The van der Waals surface area contributed by atoms with Crippen LogP contribution >= 0.6 is 0 Å². The maximum Gasteiger partial charge on any atom is 0.327 e. The molecule has 0 aliphatic carbocycles. The van der Waals surface area contributed by atoms with Gasteiger partial charge in [0.1, 0.15) is 11.3 Å². The molecular weight excluding hydrogens is 458 g/mol. The molecule has 2 aromatic carbocycles. The third-order valence-electron chi connectivity index (χ3n) is 7.11. The molecule has 2 fully saturated rings. The molecule has 36 heavy (non-hydrogen) atoms. The number of carbonyl (C=O) groups is 3. The molecule has 0 aromatic heterocycles. The summed E-state index contributed by atoms with van der Waals surface area (Å²) in [5, 5.41) is 3.44. The van der Waals surface area contributed by atoms with Crippen LogP contribution in [-0.4, -0.2) is 50.6 Å². The Kier molecular flexibility index (Phi) is 7.36. The molecule has 0 radical (unpaired) electrons. The van der Waals surface area contributed by atoms with E-state index >= 15 is 0 Å². The molecular formula is C28H35N3O5. The number of ether oxygens (including phenoxy) is 2. The summed E-state index contributed by atoms with van der Waals surface area (Å²) < 4.78 is 11.0. The number of amides is 2. The lowest BCUT2D eigenvalue weighted by molar-refractivity contribution is -0.155. The highest BCUT2D eigenvalue weighted by molar-refractivity contribution is 6.24. The molecule has 8 nitrogen and oxygen atoms in total. The molecule has 8 heteroatoms. The van der Waals surface area contributed by atoms with E-state index in [1.54, 1.807) is 31.2 Å². The number of benzene rings is 2. The quantitative estimate of drug-likeness (QED) is 0.421. The predicted molar refractivity (Wildman–Crippen MR) is 138 cm³/mol. The molecule has 2 aliphatic rings. The number of anilines is 2. The number of nitrogens with zero attached hydrogens (tertiary/aromatic N) is 2. The van der Waals surface area contributed by atoms with Crippen LogP contribution in [0, 0.1) is 11.8 Å². The maximum absolute atomic E-state index is 13.9. The first-order chi connectivity index (χ1) is 17.3. The Morgan fingerprint density at radius 3 is 2.19 bits per heavy atom. The Bertz CT molecular complexity index is 1120. The van der Waals surface area contributed by atoms with E-state index in [4.69, 9.17) is 9.47 Å². The van der Waals surface area contributed by atoms with Gasteiger partial charge in [0.2, 0.25) is 11.8 Å². The molecule has 4 rings (SSSR count). The monoisotopic (exact) mass is 493 g/mol. The van der Waals surface area contributed by atoms with Crippen LogP contribution in [0.25, 0.3) is 0 Å². The number of hydrogen-bond acceptors (Lipinski definition) is 7. The molecule has 4 atom stereocenters. The first kappa shape index (κ1) is 25.7. The second-order valence-electron chi connectivity index (χ2n) is 9.49. The highest BCUT2D eigenvalue weighted by atomic mass is 16.5.